The standard InChI is InChI=1S/C15H23N2OS/c1-17(2,3)11-15(18)16-7-4-13(5-8-16)10-14-6-9-19-12-14/h6,9-10,12H,4-5,7-8,11H2,1-3H3/q+1/p+1. The maximum Gasteiger partial charge on any atom is 0.366 e. The van der Waals surface area contributed by atoms with Gasteiger partial charge in [0.2, 0.25) is 0 Å². The quantitative estimate of drug-likeness (QED) is 0.821. The van der Waals surface area contributed by atoms with E-state index >= 15 is 0 Å². The van der Waals surface area contributed by atoms with Gasteiger partial charge in [-0.25, -0.2) is 4.79 Å². The Bertz CT molecular complexity index is 447. The summed E-state index contributed by atoms with van der Waals surface area (Å²) >= 11 is 1.73. The summed E-state index contributed by atoms with van der Waals surface area (Å²) in [5, 5.41) is 4.28. The number of hydrogen-bond donors (Lipinski definition) is 1. The minimum absolute atomic E-state index is 0.363. The third-order valence-corrected chi connectivity index (χ3v) is 4.12. The van der Waals surface area contributed by atoms with Gasteiger partial charge in [0.1, 0.15) is 0 Å². The highest BCUT2D eigenvalue weighted by Crippen LogP contribution is 2.16. The molecule has 4 heteroatoms. The molecule has 2 rings (SSSR count). The van der Waals surface area contributed by atoms with Gasteiger partial charge in [0.15, 0.2) is 6.54 Å². The zero-order chi connectivity index (χ0) is 13.9. The Morgan fingerprint density at radius 1 is 1.37 bits per heavy atom. The molecule has 1 aromatic heterocycles. The molecule has 0 aliphatic carbocycles. The fourth-order valence-electron chi connectivity index (χ4n) is 2.43. The van der Waals surface area contributed by atoms with Crippen LogP contribution in [0.25, 0.3) is 6.08 Å². The summed E-state index contributed by atoms with van der Waals surface area (Å²) in [6.45, 7) is 2.53. The molecule has 1 N–H and O–H groups in total. The monoisotopic (exact) mass is 280 g/mol. The number of carbonyl (C=O) groups is 1. The lowest BCUT2D eigenvalue weighted by atomic mass is 10.0. The summed E-state index contributed by atoms with van der Waals surface area (Å²) in [6.07, 6.45) is 4.39. The van der Waals surface area contributed by atoms with E-state index < -0.39 is 0 Å². The highest BCUT2D eigenvalue weighted by atomic mass is 32.1. The Balaban J connectivity index is 1.87. The van der Waals surface area contributed by atoms with Crippen LogP contribution >= 0.6 is 11.3 Å². The molecule has 1 aromatic rings. The number of likely N-dealkylation sites (N-methyl/N-ethyl adjacent to an activating group) is 1. The third kappa shape index (κ3) is 4.56. The van der Waals surface area contributed by atoms with E-state index in [1.807, 2.05) is 0 Å². The van der Waals surface area contributed by atoms with E-state index in [4.69, 9.17) is 0 Å². The van der Waals surface area contributed by atoms with Crippen LogP contribution in [-0.4, -0.2) is 51.2 Å². The summed E-state index contributed by atoms with van der Waals surface area (Å²) < 4.78 is 0.722. The average molecular weight is 280 g/mol. The fraction of sp³-hybridized carbons (Fsp3) is 0.533. The topological polar surface area (TPSA) is 21.5 Å². The molecule has 0 unspecified atom stereocenters. The smallest absolute Gasteiger partial charge is 0.320 e. The zero-order valence-corrected chi connectivity index (χ0v) is 12.9. The predicted molar refractivity (Wildman–Crippen MR) is 80.1 cm³/mol. The van der Waals surface area contributed by atoms with E-state index in [1.165, 1.54) is 11.1 Å². The average Bonchev–Trinajstić information content (AvgIpc) is 2.80. The number of piperidine rings is 1. The molecule has 1 aliphatic rings. The van der Waals surface area contributed by atoms with Crippen LogP contribution in [0.1, 0.15) is 18.4 Å². The molecule has 0 bridgehead atoms. The molecule has 0 aromatic carbocycles. The first kappa shape index (κ1) is 14.4. The Morgan fingerprint density at radius 2 is 2.05 bits per heavy atom. The number of likely N-dealkylation sites (tertiary alicyclic amines) is 1. The third-order valence-electron chi connectivity index (χ3n) is 3.42. The predicted octanol–water partition coefficient (Wildman–Crippen LogP) is 1.04. The maximum atomic E-state index is 12.2. The first-order chi connectivity index (χ1) is 8.94. The number of quaternary nitrogens is 2. The lowest BCUT2D eigenvalue weighted by molar-refractivity contribution is -0.887. The Hall–Kier alpha value is -0.970. The number of thiophene rings is 1. The van der Waals surface area contributed by atoms with Crippen LogP contribution in [0.5, 0.6) is 0 Å². The number of nitrogens with one attached hydrogen (secondary N) is 1. The summed E-state index contributed by atoms with van der Waals surface area (Å²) in [5.74, 6) is 0.363. The van der Waals surface area contributed by atoms with Crippen molar-refractivity contribution in [1.29, 1.82) is 0 Å². The van der Waals surface area contributed by atoms with Gasteiger partial charge in [0.05, 0.1) is 34.2 Å². The van der Waals surface area contributed by atoms with E-state index in [9.17, 15) is 4.79 Å². The molecule has 104 valence electrons. The van der Waals surface area contributed by atoms with E-state index in [1.54, 1.807) is 11.3 Å². The van der Waals surface area contributed by atoms with Crippen LogP contribution in [0.15, 0.2) is 22.4 Å². The van der Waals surface area contributed by atoms with Crippen LogP contribution in [0.4, 0.5) is 0 Å². The SMILES string of the molecule is C[N+](C)(C)CC(=O)[NH+]1CCC(=Cc2ccsc2)CC1. The lowest BCUT2D eigenvalue weighted by Gasteiger charge is -2.27. The summed E-state index contributed by atoms with van der Waals surface area (Å²) in [5.41, 5.74) is 2.79. The highest BCUT2D eigenvalue weighted by molar-refractivity contribution is 7.08. The van der Waals surface area contributed by atoms with Gasteiger partial charge in [-0.2, -0.15) is 11.3 Å². The van der Waals surface area contributed by atoms with Crippen molar-refractivity contribution in [3.8, 4) is 0 Å². The van der Waals surface area contributed by atoms with Crippen molar-refractivity contribution in [2.24, 2.45) is 0 Å². The first-order valence-electron chi connectivity index (χ1n) is 6.84. The number of nitrogens with zero attached hydrogens (tertiary/aromatic N) is 1. The van der Waals surface area contributed by atoms with Crippen molar-refractivity contribution >= 4 is 23.3 Å². The molecule has 2 heterocycles. The van der Waals surface area contributed by atoms with Crippen molar-refractivity contribution in [2.45, 2.75) is 12.8 Å². The van der Waals surface area contributed by atoms with E-state index in [0.29, 0.717) is 12.5 Å². The number of amides is 1. The summed E-state index contributed by atoms with van der Waals surface area (Å²) in [4.78, 5) is 13.3. The molecule has 0 saturated carbocycles. The van der Waals surface area contributed by atoms with Crippen LogP contribution in [-0.2, 0) is 4.79 Å². The number of hydrogen-bond acceptors (Lipinski definition) is 2. The Kier molecular flexibility index (Phi) is 4.55. The van der Waals surface area contributed by atoms with Crippen LogP contribution in [0, 0.1) is 0 Å². The fourth-order valence-corrected chi connectivity index (χ4v) is 3.05. The van der Waals surface area contributed by atoms with Gasteiger partial charge in [-0.15, -0.1) is 0 Å². The van der Waals surface area contributed by atoms with Crippen molar-refractivity contribution in [1.82, 2.24) is 0 Å². The van der Waals surface area contributed by atoms with Gasteiger partial charge in [-0.3, -0.25) is 4.90 Å². The lowest BCUT2D eigenvalue weighted by Crippen LogP contribution is -3.16. The summed E-state index contributed by atoms with van der Waals surface area (Å²) in [6, 6.07) is 2.15. The zero-order valence-electron chi connectivity index (χ0n) is 12.1. The molecular formula is C15H24N2OS+2. The van der Waals surface area contributed by atoms with E-state index in [-0.39, 0.29) is 0 Å². The molecule has 3 nitrogen and oxygen atoms in total. The second-order valence-electron chi connectivity index (χ2n) is 6.33. The number of carbonyl (C=O) groups excluding carboxylic acids is 1. The Morgan fingerprint density at radius 3 is 2.58 bits per heavy atom. The minimum atomic E-state index is 0.363. The molecule has 0 atom stereocenters. The van der Waals surface area contributed by atoms with Gasteiger partial charge in [0.25, 0.3) is 0 Å². The van der Waals surface area contributed by atoms with Crippen LogP contribution in [0.3, 0.4) is 0 Å². The second-order valence-corrected chi connectivity index (χ2v) is 7.11. The molecule has 19 heavy (non-hydrogen) atoms. The van der Waals surface area contributed by atoms with Crippen molar-refractivity contribution in [2.75, 3.05) is 40.8 Å². The van der Waals surface area contributed by atoms with Gasteiger partial charge in [-0.1, -0.05) is 11.6 Å². The molecular weight excluding hydrogens is 256 g/mol. The van der Waals surface area contributed by atoms with E-state index in [2.05, 4.69) is 44.0 Å². The molecule has 1 fully saturated rings. The molecule has 0 spiro atoms. The van der Waals surface area contributed by atoms with Crippen molar-refractivity contribution in [3.63, 3.8) is 0 Å². The molecule has 0 radical (unpaired) electrons. The minimum Gasteiger partial charge on any atom is -0.320 e. The highest BCUT2D eigenvalue weighted by Gasteiger charge is 2.28. The largest absolute Gasteiger partial charge is 0.366 e. The van der Waals surface area contributed by atoms with Gasteiger partial charge >= 0.3 is 5.91 Å². The van der Waals surface area contributed by atoms with Crippen LogP contribution < -0.4 is 4.90 Å². The van der Waals surface area contributed by atoms with Gasteiger partial charge in [0, 0.05) is 12.8 Å². The molecule has 1 aliphatic heterocycles. The van der Waals surface area contributed by atoms with Gasteiger partial charge < -0.3 is 4.48 Å². The van der Waals surface area contributed by atoms with E-state index in [0.717, 1.165) is 35.3 Å². The van der Waals surface area contributed by atoms with Crippen molar-refractivity contribution in [3.05, 3.63) is 28.0 Å². The second kappa shape index (κ2) is 5.99. The number of rotatable bonds is 3. The molecule has 1 amide bonds. The van der Waals surface area contributed by atoms with Crippen LogP contribution in [0.2, 0.25) is 0 Å². The summed E-state index contributed by atoms with van der Waals surface area (Å²) in [7, 11) is 6.22. The first-order valence-corrected chi connectivity index (χ1v) is 7.78. The maximum absolute atomic E-state index is 12.2. The Labute approximate surface area is 119 Å². The van der Waals surface area contributed by atoms with Crippen molar-refractivity contribution < 1.29 is 14.2 Å². The van der Waals surface area contributed by atoms with Gasteiger partial charge in [-0.05, 0) is 22.4 Å². The molecule has 1 saturated heterocycles. The normalized spacial score (nSPS) is 20.4.